The van der Waals surface area contributed by atoms with Gasteiger partial charge in [0.1, 0.15) is 0 Å². The van der Waals surface area contributed by atoms with Gasteiger partial charge in [0.2, 0.25) is 5.82 Å². The largest absolute Gasteiger partial charge is 0.379 e. The second-order valence-electron chi connectivity index (χ2n) is 5.77. The summed E-state index contributed by atoms with van der Waals surface area (Å²) in [4.78, 5) is 11.2. The van der Waals surface area contributed by atoms with Crippen molar-refractivity contribution in [3.63, 3.8) is 0 Å². The van der Waals surface area contributed by atoms with Gasteiger partial charge in [0.05, 0.1) is 11.5 Å². The Morgan fingerprint density at radius 1 is 1.36 bits per heavy atom. The number of fused-ring (bicyclic) bond motifs is 1. The van der Waals surface area contributed by atoms with Crippen LogP contribution >= 0.6 is 23.7 Å². The van der Waals surface area contributed by atoms with Crippen LogP contribution in [-0.4, -0.2) is 28.8 Å². The van der Waals surface area contributed by atoms with Gasteiger partial charge in [-0.1, -0.05) is 5.16 Å². The third-order valence-corrected chi connectivity index (χ3v) is 5.19. The van der Waals surface area contributed by atoms with Crippen molar-refractivity contribution in [2.24, 2.45) is 0 Å². The van der Waals surface area contributed by atoms with Crippen LogP contribution in [0.1, 0.15) is 21.7 Å². The molecule has 0 saturated carbocycles. The van der Waals surface area contributed by atoms with Gasteiger partial charge < -0.3 is 14.6 Å². The zero-order valence-corrected chi connectivity index (χ0v) is 15.7. The van der Waals surface area contributed by atoms with Gasteiger partial charge in [0, 0.05) is 36.0 Å². The van der Waals surface area contributed by atoms with Crippen LogP contribution in [-0.2, 0) is 24.3 Å². The van der Waals surface area contributed by atoms with Crippen molar-refractivity contribution in [3.8, 4) is 22.2 Å². The summed E-state index contributed by atoms with van der Waals surface area (Å²) in [5, 5.41) is 7.59. The topological polar surface area (TPSA) is 73.1 Å². The number of nitrogens with one attached hydrogen (secondary N) is 1. The van der Waals surface area contributed by atoms with E-state index >= 15 is 0 Å². The third kappa shape index (κ3) is 3.46. The molecule has 3 aromatic rings. The van der Waals surface area contributed by atoms with Gasteiger partial charge in [-0.15, -0.1) is 23.7 Å². The molecule has 0 fully saturated rings. The summed E-state index contributed by atoms with van der Waals surface area (Å²) in [6.07, 6.45) is 2.90. The lowest BCUT2D eigenvalue weighted by atomic mass is 9.95. The number of aryl methyl sites for hydroxylation is 1. The van der Waals surface area contributed by atoms with Gasteiger partial charge in [-0.3, -0.25) is 4.98 Å². The number of aromatic nitrogens is 3. The number of methoxy groups -OCH3 is 1. The van der Waals surface area contributed by atoms with Crippen LogP contribution in [0.2, 0.25) is 0 Å². The SMILES string of the molecule is COCc1ccc(-c2nc(-c3c(C)ncc4c3CCNC4)no2)s1.Cl. The molecule has 0 saturated heterocycles. The average Bonchev–Trinajstić information content (AvgIpc) is 3.24. The molecule has 132 valence electrons. The van der Waals surface area contributed by atoms with Crippen LogP contribution in [0.5, 0.6) is 0 Å². The first kappa shape index (κ1) is 18.0. The number of ether oxygens (including phenoxy) is 1. The fraction of sp³-hybridized carbons (Fsp3) is 0.353. The van der Waals surface area contributed by atoms with Gasteiger partial charge in [-0.25, -0.2) is 0 Å². The first-order valence-corrected chi connectivity index (χ1v) is 8.68. The van der Waals surface area contributed by atoms with E-state index in [1.165, 1.54) is 11.1 Å². The Bertz CT molecular complexity index is 877. The summed E-state index contributed by atoms with van der Waals surface area (Å²) in [6, 6.07) is 4.02. The molecule has 0 atom stereocenters. The number of halogens is 1. The van der Waals surface area contributed by atoms with Crippen LogP contribution in [0.25, 0.3) is 22.2 Å². The van der Waals surface area contributed by atoms with Gasteiger partial charge in [-0.2, -0.15) is 4.98 Å². The Balaban J connectivity index is 0.00000182. The summed E-state index contributed by atoms with van der Waals surface area (Å²) >= 11 is 1.61. The van der Waals surface area contributed by atoms with Gasteiger partial charge in [0.15, 0.2) is 0 Å². The zero-order valence-electron chi connectivity index (χ0n) is 14.0. The highest BCUT2D eigenvalue weighted by atomic mass is 35.5. The molecule has 1 aliphatic rings. The minimum atomic E-state index is 0. The highest BCUT2D eigenvalue weighted by molar-refractivity contribution is 7.15. The smallest absolute Gasteiger partial charge is 0.268 e. The molecule has 3 aromatic heterocycles. The number of thiophene rings is 1. The zero-order chi connectivity index (χ0) is 16.5. The molecule has 0 aromatic carbocycles. The summed E-state index contributed by atoms with van der Waals surface area (Å²) in [5.74, 6) is 1.17. The average molecular weight is 379 g/mol. The molecule has 0 aliphatic carbocycles. The van der Waals surface area contributed by atoms with Crippen molar-refractivity contribution >= 4 is 23.7 Å². The highest BCUT2D eigenvalue weighted by Crippen LogP contribution is 2.32. The van der Waals surface area contributed by atoms with Crippen molar-refractivity contribution < 1.29 is 9.26 Å². The Labute approximate surface area is 156 Å². The monoisotopic (exact) mass is 378 g/mol. The fourth-order valence-electron chi connectivity index (χ4n) is 3.01. The summed E-state index contributed by atoms with van der Waals surface area (Å²) in [6.45, 7) is 4.38. The minimum absolute atomic E-state index is 0. The van der Waals surface area contributed by atoms with E-state index in [0.717, 1.165) is 40.5 Å². The molecule has 0 unspecified atom stereocenters. The molecule has 0 radical (unpaired) electrons. The molecular formula is C17H19ClN4O2S. The molecule has 4 heterocycles. The fourth-order valence-corrected chi connectivity index (χ4v) is 3.91. The Hall–Kier alpha value is -1.80. The lowest BCUT2D eigenvalue weighted by Gasteiger charge is -2.19. The van der Waals surface area contributed by atoms with E-state index in [9.17, 15) is 0 Å². The van der Waals surface area contributed by atoms with Crippen LogP contribution in [0.15, 0.2) is 22.9 Å². The molecule has 0 amide bonds. The Kier molecular flexibility index (Phi) is 5.48. The number of nitrogens with zero attached hydrogens (tertiary/aromatic N) is 3. The molecule has 25 heavy (non-hydrogen) atoms. The Morgan fingerprint density at radius 3 is 3.08 bits per heavy atom. The van der Waals surface area contributed by atoms with Crippen molar-refractivity contribution in [1.82, 2.24) is 20.4 Å². The number of hydrogen-bond acceptors (Lipinski definition) is 7. The molecule has 0 spiro atoms. The van der Waals surface area contributed by atoms with E-state index in [4.69, 9.17) is 9.26 Å². The first-order valence-electron chi connectivity index (χ1n) is 7.86. The highest BCUT2D eigenvalue weighted by Gasteiger charge is 2.21. The molecule has 1 aliphatic heterocycles. The molecule has 4 rings (SSSR count). The molecule has 6 nitrogen and oxygen atoms in total. The lowest BCUT2D eigenvalue weighted by molar-refractivity contribution is 0.187. The van der Waals surface area contributed by atoms with Crippen molar-refractivity contribution in [1.29, 1.82) is 0 Å². The lowest BCUT2D eigenvalue weighted by Crippen LogP contribution is -2.24. The van der Waals surface area contributed by atoms with E-state index < -0.39 is 0 Å². The number of rotatable bonds is 4. The molecule has 8 heteroatoms. The van der Waals surface area contributed by atoms with E-state index in [0.29, 0.717) is 18.3 Å². The number of pyridine rings is 1. The second kappa shape index (κ2) is 7.61. The van der Waals surface area contributed by atoms with Crippen molar-refractivity contribution in [2.45, 2.75) is 26.5 Å². The summed E-state index contributed by atoms with van der Waals surface area (Å²) in [5.41, 5.74) is 4.44. The van der Waals surface area contributed by atoms with Gasteiger partial charge in [-0.05, 0) is 43.1 Å². The van der Waals surface area contributed by atoms with Crippen molar-refractivity contribution in [2.75, 3.05) is 13.7 Å². The first-order chi connectivity index (χ1) is 11.8. The molecule has 1 N–H and O–H groups in total. The van der Waals surface area contributed by atoms with E-state index in [-0.39, 0.29) is 12.4 Å². The number of hydrogen-bond donors (Lipinski definition) is 1. The van der Waals surface area contributed by atoms with E-state index in [1.807, 2.05) is 25.3 Å². The quantitative estimate of drug-likeness (QED) is 0.750. The van der Waals surface area contributed by atoms with E-state index in [1.54, 1.807) is 18.4 Å². The van der Waals surface area contributed by atoms with Gasteiger partial charge >= 0.3 is 0 Å². The van der Waals surface area contributed by atoms with Crippen molar-refractivity contribution in [3.05, 3.63) is 40.0 Å². The summed E-state index contributed by atoms with van der Waals surface area (Å²) in [7, 11) is 1.69. The van der Waals surface area contributed by atoms with E-state index in [2.05, 4.69) is 20.4 Å². The molecular weight excluding hydrogens is 360 g/mol. The second-order valence-corrected chi connectivity index (χ2v) is 6.94. The summed E-state index contributed by atoms with van der Waals surface area (Å²) < 4.78 is 10.7. The maximum Gasteiger partial charge on any atom is 0.268 e. The normalized spacial score (nSPS) is 13.4. The maximum absolute atomic E-state index is 5.51. The maximum atomic E-state index is 5.51. The predicted octanol–water partition coefficient (Wildman–Crippen LogP) is 3.38. The van der Waals surface area contributed by atoms with Crippen LogP contribution < -0.4 is 5.32 Å². The predicted molar refractivity (Wildman–Crippen MR) is 99.0 cm³/mol. The van der Waals surface area contributed by atoms with Crippen LogP contribution in [0.4, 0.5) is 0 Å². The molecule has 0 bridgehead atoms. The van der Waals surface area contributed by atoms with Gasteiger partial charge in [0.25, 0.3) is 5.89 Å². The Morgan fingerprint density at radius 2 is 2.24 bits per heavy atom. The minimum Gasteiger partial charge on any atom is -0.379 e. The van der Waals surface area contributed by atoms with Crippen LogP contribution in [0.3, 0.4) is 0 Å². The standard InChI is InChI=1S/C17H18N4O2S.ClH/c1-10-15(13-5-6-18-7-11(13)8-19-10)16-20-17(23-21-16)14-4-3-12(24-14)9-22-2;/h3-4,8,18H,5-7,9H2,1-2H3;1H. The third-order valence-electron chi connectivity index (χ3n) is 4.14. The van der Waals surface area contributed by atoms with Crippen LogP contribution in [0, 0.1) is 6.92 Å².